The average molecular weight is 209 g/mol. The van der Waals surface area contributed by atoms with Crippen LogP contribution in [0.5, 0.6) is 0 Å². The van der Waals surface area contributed by atoms with Gasteiger partial charge in [-0.05, 0) is 13.3 Å². The number of aliphatic hydroxyl groups is 1. The van der Waals surface area contributed by atoms with Crippen LogP contribution >= 0.6 is 0 Å². The van der Waals surface area contributed by atoms with Crippen LogP contribution in [0.2, 0.25) is 0 Å². The van der Waals surface area contributed by atoms with E-state index in [4.69, 9.17) is 5.11 Å². The van der Waals surface area contributed by atoms with Gasteiger partial charge in [-0.1, -0.05) is 0 Å². The summed E-state index contributed by atoms with van der Waals surface area (Å²) in [6.45, 7) is 1.68. The molecule has 0 aromatic carbocycles. The fraction of sp³-hybridized carbons (Fsp3) is 0.857. The number of rotatable bonds is 5. The lowest BCUT2D eigenvalue weighted by Gasteiger charge is -2.11. The van der Waals surface area contributed by atoms with Crippen LogP contribution in [-0.4, -0.2) is 44.1 Å². The van der Waals surface area contributed by atoms with E-state index in [-0.39, 0.29) is 12.6 Å². The molecule has 0 heterocycles. The lowest BCUT2D eigenvalue weighted by atomic mass is 10.2. The van der Waals surface area contributed by atoms with Crippen molar-refractivity contribution in [1.82, 2.24) is 5.32 Å². The molecule has 0 aromatic heterocycles. The van der Waals surface area contributed by atoms with Crippen LogP contribution in [0.15, 0.2) is 0 Å². The molecule has 0 rings (SSSR count). The molecule has 0 aliphatic rings. The first-order valence-corrected chi connectivity index (χ1v) is 5.99. The molecule has 0 radical (unpaired) electrons. The molecule has 1 atom stereocenters. The van der Waals surface area contributed by atoms with Gasteiger partial charge in [-0.15, -0.1) is 0 Å². The maximum absolute atomic E-state index is 11.0. The van der Waals surface area contributed by atoms with E-state index in [1.54, 1.807) is 6.92 Å². The summed E-state index contributed by atoms with van der Waals surface area (Å²) in [4.78, 5) is 11.0. The maximum Gasteiger partial charge on any atom is 0.235 e. The Bertz CT molecular complexity index is 260. The van der Waals surface area contributed by atoms with Crippen LogP contribution in [0.25, 0.3) is 0 Å². The number of hydrogen-bond donors (Lipinski definition) is 2. The Labute approximate surface area is 78.1 Å². The topological polar surface area (TPSA) is 83.5 Å². The van der Waals surface area contributed by atoms with Crippen molar-refractivity contribution in [3.8, 4) is 0 Å². The molecule has 0 bridgehead atoms. The first-order chi connectivity index (χ1) is 5.85. The number of aliphatic hydroxyl groups excluding tert-OH is 1. The molecule has 6 heteroatoms. The van der Waals surface area contributed by atoms with Gasteiger partial charge < -0.3 is 10.4 Å². The van der Waals surface area contributed by atoms with Crippen molar-refractivity contribution >= 4 is 15.7 Å². The second-order valence-corrected chi connectivity index (χ2v) is 5.19. The highest BCUT2D eigenvalue weighted by molar-refractivity contribution is 7.91. The van der Waals surface area contributed by atoms with Crippen molar-refractivity contribution in [2.75, 3.05) is 18.6 Å². The number of carbonyl (C=O) groups excluding carboxylic acids is 1. The molecule has 1 amide bonds. The largest absolute Gasteiger partial charge is 0.396 e. The van der Waals surface area contributed by atoms with Crippen LogP contribution < -0.4 is 5.32 Å². The number of carbonyl (C=O) groups is 1. The molecule has 13 heavy (non-hydrogen) atoms. The summed E-state index contributed by atoms with van der Waals surface area (Å²) in [5.41, 5.74) is 0. The minimum atomic E-state index is -3.26. The summed E-state index contributed by atoms with van der Waals surface area (Å²) in [7, 11) is -3.26. The average Bonchev–Trinajstić information content (AvgIpc) is 1.81. The minimum absolute atomic E-state index is 0.0275. The number of nitrogens with one attached hydrogen (secondary N) is 1. The summed E-state index contributed by atoms with van der Waals surface area (Å²) in [6.07, 6.45) is 1.43. The van der Waals surface area contributed by atoms with Crippen LogP contribution in [0.4, 0.5) is 0 Å². The molecule has 0 aliphatic carbocycles. The molecular weight excluding hydrogens is 194 g/mol. The van der Waals surface area contributed by atoms with Crippen molar-refractivity contribution in [3.05, 3.63) is 0 Å². The third-order valence-electron chi connectivity index (χ3n) is 1.36. The Hall–Kier alpha value is -0.620. The van der Waals surface area contributed by atoms with E-state index in [1.807, 2.05) is 0 Å². The molecule has 0 saturated heterocycles. The third kappa shape index (κ3) is 7.73. The molecule has 0 spiro atoms. The molecule has 0 aromatic rings. The summed E-state index contributed by atoms with van der Waals surface area (Å²) >= 11 is 0. The normalized spacial score (nSPS) is 13.8. The molecular formula is C7H15NO4S. The van der Waals surface area contributed by atoms with Gasteiger partial charge in [0.25, 0.3) is 0 Å². The van der Waals surface area contributed by atoms with Crippen LogP contribution in [0.3, 0.4) is 0 Å². The molecule has 0 saturated carbocycles. The van der Waals surface area contributed by atoms with Crippen molar-refractivity contribution < 1.29 is 18.3 Å². The highest BCUT2D eigenvalue weighted by Crippen LogP contribution is 1.90. The monoisotopic (exact) mass is 209 g/mol. The van der Waals surface area contributed by atoms with Gasteiger partial charge in [-0.25, -0.2) is 8.42 Å². The van der Waals surface area contributed by atoms with Crippen molar-refractivity contribution in [2.24, 2.45) is 0 Å². The van der Waals surface area contributed by atoms with Gasteiger partial charge in [0.1, 0.15) is 5.75 Å². The zero-order valence-electron chi connectivity index (χ0n) is 7.78. The first-order valence-electron chi connectivity index (χ1n) is 3.93. The van der Waals surface area contributed by atoms with Gasteiger partial charge in [0.15, 0.2) is 9.84 Å². The van der Waals surface area contributed by atoms with Crippen LogP contribution in [-0.2, 0) is 14.6 Å². The summed E-state index contributed by atoms with van der Waals surface area (Å²) in [5.74, 6) is -1.02. The number of amides is 1. The van der Waals surface area contributed by atoms with E-state index in [1.165, 1.54) is 0 Å². The molecule has 5 nitrogen and oxygen atoms in total. The number of hydrogen-bond acceptors (Lipinski definition) is 4. The zero-order valence-corrected chi connectivity index (χ0v) is 8.60. The van der Waals surface area contributed by atoms with Crippen LogP contribution in [0, 0.1) is 0 Å². The third-order valence-corrected chi connectivity index (χ3v) is 2.15. The Morgan fingerprint density at radius 3 is 2.46 bits per heavy atom. The lowest BCUT2D eigenvalue weighted by Crippen LogP contribution is -2.37. The lowest BCUT2D eigenvalue weighted by molar-refractivity contribution is -0.119. The van der Waals surface area contributed by atoms with Gasteiger partial charge in [-0.2, -0.15) is 0 Å². The fourth-order valence-corrected chi connectivity index (χ4v) is 1.38. The first kappa shape index (κ1) is 12.4. The Morgan fingerprint density at radius 1 is 1.54 bits per heavy atom. The highest BCUT2D eigenvalue weighted by atomic mass is 32.2. The minimum Gasteiger partial charge on any atom is -0.396 e. The van der Waals surface area contributed by atoms with E-state index in [9.17, 15) is 13.2 Å². The van der Waals surface area contributed by atoms with E-state index in [0.717, 1.165) is 6.26 Å². The van der Waals surface area contributed by atoms with E-state index in [2.05, 4.69) is 5.32 Å². The molecule has 1 unspecified atom stereocenters. The van der Waals surface area contributed by atoms with E-state index < -0.39 is 21.5 Å². The van der Waals surface area contributed by atoms with Gasteiger partial charge >= 0.3 is 0 Å². The molecule has 0 fully saturated rings. The Morgan fingerprint density at radius 2 is 2.08 bits per heavy atom. The highest BCUT2D eigenvalue weighted by Gasteiger charge is 2.12. The second kappa shape index (κ2) is 5.18. The van der Waals surface area contributed by atoms with Crippen molar-refractivity contribution in [2.45, 2.75) is 19.4 Å². The maximum atomic E-state index is 11.0. The molecule has 2 N–H and O–H groups in total. The summed E-state index contributed by atoms with van der Waals surface area (Å²) in [5, 5.41) is 11.0. The predicted molar refractivity (Wildman–Crippen MR) is 49.0 cm³/mol. The van der Waals surface area contributed by atoms with Crippen molar-refractivity contribution in [1.29, 1.82) is 0 Å². The van der Waals surface area contributed by atoms with Gasteiger partial charge in [0.05, 0.1) is 0 Å². The standard InChI is InChI=1S/C7H15NO4S/c1-6(3-4-9)8-7(10)5-13(2,11)12/h6,9H,3-5H2,1-2H3,(H,8,10). The van der Waals surface area contributed by atoms with E-state index >= 15 is 0 Å². The number of sulfone groups is 1. The SMILES string of the molecule is CC(CCO)NC(=O)CS(C)(=O)=O. The zero-order chi connectivity index (χ0) is 10.5. The van der Waals surface area contributed by atoms with Gasteiger partial charge in [0, 0.05) is 18.9 Å². The predicted octanol–water partition coefficient (Wildman–Crippen LogP) is -1.08. The van der Waals surface area contributed by atoms with Crippen LogP contribution in [0.1, 0.15) is 13.3 Å². The Balaban J connectivity index is 3.88. The fourth-order valence-electron chi connectivity index (χ4n) is 0.820. The molecule has 78 valence electrons. The molecule has 0 aliphatic heterocycles. The van der Waals surface area contributed by atoms with E-state index in [0.29, 0.717) is 6.42 Å². The van der Waals surface area contributed by atoms with Gasteiger partial charge in [0.2, 0.25) is 5.91 Å². The second-order valence-electron chi connectivity index (χ2n) is 3.05. The summed E-state index contributed by atoms with van der Waals surface area (Å²) in [6, 6.07) is -0.195. The summed E-state index contributed by atoms with van der Waals surface area (Å²) < 4.78 is 21.3. The quantitative estimate of drug-likeness (QED) is 0.603. The smallest absolute Gasteiger partial charge is 0.235 e. The van der Waals surface area contributed by atoms with Gasteiger partial charge in [-0.3, -0.25) is 4.79 Å². The Kier molecular flexibility index (Phi) is 4.94. The van der Waals surface area contributed by atoms with Crippen molar-refractivity contribution in [3.63, 3.8) is 0 Å².